The van der Waals surface area contributed by atoms with Crippen LogP contribution in [0.4, 0.5) is 10.1 Å². The predicted octanol–water partition coefficient (Wildman–Crippen LogP) is 2.80. The van der Waals surface area contributed by atoms with Gasteiger partial charge in [0.25, 0.3) is 0 Å². The lowest BCUT2D eigenvalue weighted by Crippen LogP contribution is -2.27. The third-order valence-corrected chi connectivity index (χ3v) is 2.71. The monoisotopic (exact) mass is 305 g/mol. The van der Waals surface area contributed by atoms with Crippen LogP contribution in [0.5, 0.6) is 5.75 Å². The maximum Gasteiger partial charge on any atom is 0.344 e. The second kappa shape index (κ2) is 5.86. The van der Waals surface area contributed by atoms with Gasteiger partial charge in [0.2, 0.25) is 0 Å². The summed E-state index contributed by atoms with van der Waals surface area (Å²) in [5.74, 6) is -1.42. The number of anilines is 1. The minimum atomic E-state index is -1.07. The van der Waals surface area contributed by atoms with Crippen LogP contribution in [0.3, 0.4) is 0 Å². The molecule has 0 saturated heterocycles. The molecule has 0 heterocycles. The van der Waals surface area contributed by atoms with E-state index in [9.17, 15) is 9.18 Å². The van der Waals surface area contributed by atoms with Crippen molar-refractivity contribution in [2.45, 2.75) is 25.9 Å². The number of carboxylic acids is 1. The van der Waals surface area contributed by atoms with E-state index in [0.717, 1.165) is 6.07 Å². The minimum Gasteiger partial charge on any atom is -0.479 e. The first kappa shape index (κ1) is 13.8. The summed E-state index contributed by atoms with van der Waals surface area (Å²) in [4.78, 5) is 10.9. The van der Waals surface area contributed by atoms with E-state index in [-0.39, 0.29) is 11.4 Å². The van der Waals surface area contributed by atoms with E-state index in [2.05, 4.69) is 15.9 Å². The number of halogens is 2. The molecule has 0 spiro atoms. The van der Waals surface area contributed by atoms with Gasteiger partial charge in [-0.15, -0.1) is 0 Å². The first-order valence-electron chi connectivity index (χ1n) is 5.09. The highest BCUT2D eigenvalue weighted by molar-refractivity contribution is 9.10. The molecule has 94 valence electrons. The largest absolute Gasteiger partial charge is 0.479 e. The standard InChI is InChI=1S/C11H13BrFNO3/c1-2-3-9(11(15)16)17-10-7(12)4-6(13)5-8(10)14/h4-5,9H,2-3,14H2,1H3,(H,15,16). The average molecular weight is 306 g/mol. The lowest BCUT2D eigenvalue weighted by Gasteiger charge is -2.17. The zero-order valence-corrected chi connectivity index (χ0v) is 10.8. The highest BCUT2D eigenvalue weighted by Gasteiger charge is 2.21. The first-order chi connectivity index (χ1) is 7.95. The number of ether oxygens (including phenoxy) is 1. The van der Waals surface area contributed by atoms with E-state index >= 15 is 0 Å². The summed E-state index contributed by atoms with van der Waals surface area (Å²) < 4.78 is 18.6. The van der Waals surface area contributed by atoms with Crippen molar-refractivity contribution < 1.29 is 19.0 Å². The van der Waals surface area contributed by atoms with Crippen LogP contribution in [0, 0.1) is 5.82 Å². The van der Waals surface area contributed by atoms with Gasteiger partial charge < -0.3 is 15.6 Å². The summed E-state index contributed by atoms with van der Waals surface area (Å²) in [6, 6.07) is 2.27. The molecule has 0 aliphatic carbocycles. The molecule has 0 radical (unpaired) electrons. The van der Waals surface area contributed by atoms with Crippen LogP contribution in [0.1, 0.15) is 19.8 Å². The molecule has 1 atom stereocenters. The molecular formula is C11H13BrFNO3. The lowest BCUT2D eigenvalue weighted by molar-refractivity contribution is -0.145. The van der Waals surface area contributed by atoms with Gasteiger partial charge in [0, 0.05) is 6.07 Å². The van der Waals surface area contributed by atoms with Gasteiger partial charge in [-0.05, 0) is 28.4 Å². The molecule has 6 heteroatoms. The lowest BCUT2D eigenvalue weighted by atomic mass is 10.2. The zero-order chi connectivity index (χ0) is 13.0. The van der Waals surface area contributed by atoms with Gasteiger partial charge in [-0.3, -0.25) is 0 Å². The maximum atomic E-state index is 13.0. The van der Waals surface area contributed by atoms with Crippen LogP contribution < -0.4 is 10.5 Å². The number of nitrogen functional groups attached to an aromatic ring is 1. The molecule has 0 saturated carbocycles. The Morgan fingerprint density at radius 3 is 2.76 bits per heavy atom. The van der Waals surface area contributed by atoms with Crippen LogP contribution in [-0.4, -0.2) is 17.2 Å². The van der Waals surface area contributed by atoms with Crippen molar-refractivity contribution in [3.05, 3.63) is 22.4 Å². The van der Waals surface area contributed by atoms with E-state index in [1.54, 1.807) is 0 Å². The summed E-state index contributed by atoms with van der Waals surface area (Å²) >= 11 is 3.09. The molecule has 0 fully saturated rings. The van der Waals surface area contributed by atoms with Gasteiger partial charge >= 0.3 is 5.97 Å². The molecule has 1 unspecified atom stereocenters. The van der Waals surface area contributed by atoms with Crippen molar-refractivity contribution in [1.29, 1.82) is 0 Å². The van der Waals surface area contributed by atoms with E-state index in [1.807, 2.05) is 6.92 Å². The number of nitrogens with two attached hydrogens (primary N) is 1. The Morgan fingerprint density at radius 1 is 1.65 bits per heavy atom. The topological polar surface area (TPSA) is 72.5 Å². The Morgan fingerprint density at radius 2 is 2.29 bits per heavy atom. The Hall–Kier alpha value is -1.30. The van der Waals surface area contributed by atoms with Crippen molar-refractivity contribution in [3.63, 3.8) is 0 Å². The molecule has 0 bridgehead atoms. The van der Waals surface area contributed by atoms with Crippen LogP contribution in [0.25, 0.3) is 0 Å². The molecule has 0 aliphatic heterocycles. The molecule has 1 aromatic carbocycles. The minimum absolute atomic E-state index is 0.0687. The zero-order valence-electron chi connectivity index (χ0n) is 9.24. The van der Waals surface area contributed by atoms with Gasteiger partial charge in [0.15, 0.2) is 11.9 Å². The van der Waals surface area contributed by atoms with Gasteiger partial charge in [-0.1, -0.05) is 13.3 Å². The van der Waals surface area contributed by atoms with E-state index in [4.69, 9.17) is 15.6 Å². The van der Waals surface area contributed by atoms with Gasteiger partial charge in [-0.2, -0.15) is 0 Å². The number of carbonyl (C=O) groups is 1. The Labute approximate surface area is 107 Å². The quantitative estimate of drug-likeness (QED) is 0.821. The smallest absolute Gasteiger partial charge is 0.344 e. The fourth-order valence-corrected chi connectivity index (χ4v) is 1.88. The number of rotatable bonds is 5. The molecule has 0 aromatic heterocycles. The summed E-state index contributed by atoms with van der Waals surface area (Å²) in [5, 5.41) is 8.95. The SMILES string of the molecule is CCCC(Oc1c(N)cc(F)cc1Br)C(=O)O. The normalized spacial score (nSPS) is 12.2. The number of hydrogen-bond acceptors (Lipinski definition) is 3. The molecule has 0 amide bonds. The highest BCUT2D eigenvalue weighted by atomic mass is 79.9. The first-order valence-corrected chi connectivity index (χ1v) is 5.89. The predicted molar refractivity (Wildman–Crippen MR) is 65.5 cm³/mol. The van der Waals surface area contributed by atoms with Crippen LogP contribution in [-0.2, 0) is 4.79 Å². The molecule has 1 aromatic rings. The summed E-state index contributed by atoms with van der Waals surface area (Å²) in [7, 11) is 0. The third kappa shape index (κ3) is 3.59. The third-order valence-electron chi connectivity index (χ3n) is 2.12. The van der Waals surface area contributed by atoms with E-state index in [0.29, 0.717) is 17.3 Å². The molecule has 17 heavy (non-hydrogen) atoms. The average Bonchev–Trinajstić information content (AvgIpc) is 2.21. The van der Waals surface area contributed by atoms with E-state index in [1.165, 1.54) is 6.07 Å². The van der Waals surface area contributed by atoms with Crippen molar-refractivity contribution in [2.24, 2.45) is 0 Å². The van der Waals surface area contributed by atoms with Crippen molar-refractivity contribution in [1.82, 2.24) is 0 Å². The molecule has 4 nitrogen and oxygen atoms in total. The number of benzene rings is 1. The van der Waals surface area contributed by atoms with Gasteiger partial charge in [0.05, 0.1) is 10.2 Å². The molecule has 3 N–H and O–H groups in total. The van der Waals surface area contributed by atoms with Crippen LogP contribution in [0.2, 0.25) is 0 Å². The van der Waals surface area contributed by atoms with Crippen LogP contribution in [0.15, 0.2) is 16.6 Å². The molecule has 1 rings (SSSR count). The Bertz CT molecular complexity index is 402. The maximum absolute atomic E-state index is 13.0. The van der Waals surface area contributed by atoms with Gasteiger partial charge in [-0.25, -0.2) is 9.18 Å². The van der Waals surface area contributed by atoms with E-state index < -0.39 is 17.9 Å². The van der Waals surface area contributed by atoms with Crippen molar-refractivity contribution in [2.75, 3.05) is 5.73 Å². The summed E-state index contributed by atoms with van der Waals surface area (Å²) in [6.45, 7) is 1.85. The second-order valence-corrected chi connectivity index (χ2v) is 4.39. The molecular weight excluding hydrogens is 293 g/mol. The van der Waals surface area contributed by atoms with Crippen LogP contribution >= 0.6 is 15.9 Å². The summed E-state index contributed by atoms with van der Waals surface area (Å²) in [5.41, 5.74) is 5.65. The summed E-state index contributed by atoms with van der Waals surface area (Å²) in [6.07, 6.45) is 0.0397. The van der Waals surface area contributed by atoms with Crippen molar-refractivity contribution in [3.8, 4) is 5.75 Å². The second-order valence-electron chi connectivity index (χ2n) is 3.54. The number of hydrogen-bond donors (Lipinski definition) is 2. The number of carboxylic acid groups (broad SMARTS) is 1. The molecule has 0 aliphatic rings. The van der Waals surface area contributed by atoms with Gasteiger partial charge in [0.1, 0.15) is 5.82 Å². The Kier molecular flexibility index (Phi) is 4.74. The highest BCUT2D eigenvalue weighted by Crippen LogP contribution is 2.33. The fourth-order valence-electron chi connectivity index (χ4n) is 1.34. The van der Waals surface area contributed by atoms with Crippen molar-refractivity contribution >= 4 is 27.6 Å². The fraction of sp³-hybridized carbons (Fsp3) is 0.364. The number of aliphatic carboxylic acids is 1. The Balaban J connectivity index is 2.97.